The van der Waals surface area contributed by atoms with E-state index in [0.717, 1.165) is 16.7 Å². The predicted molar refractivity (Wildman–Crippen MR) is 122 cm³/mol. The van der Waals surface area contributed by atoms with E-state index >= 15 is 0 Å². The molecule has 30 heavy (non-hydrogen) atoms. The van der Waals surface area contributed by atoms with Crippen molar-refractivity contribution in [3.8, 4) is 5.75 Å². The van der Waals surface area contributed by atoms with Crippen molar-refractivity contribution in [2.45, 2.75) is 79.1 Å². The van der Waals surface area contributed by atoms with Gasteiger partial charge >= 0.3 is 0 Å². The number of hydrogen-bond donors (Lipinski definition) is 1. The van der Waals surface area contributed by atoms with Crippen molar-refractivity contribution in [2.24, 2.45) is 5.92 Å². The Hall–Kier alpha value is -2.04. The van der Waals surface area contributed by atoms with Crippen LogP contribution in [-0.2, 0) is 26.8 Å². The molecule has 0 radical (unpaired) electrons. The molecule has 0 unspecified atom stereocenters. The Balaban J connectivity index is 2.09. The van der Waals surface area contributed by atoms with Gasteiger partial charge in [-0.3, -0.25) is 9.59 Å². The van der Waals surface area contributed by atoms with Gasteiger partial charge in [-0.25, -0.2) is 0 Å². The van der Waals surface area contributed by atoms with Crippen LogP contribution in [0.5, 0.6) is 5.75 Å². The van der Waals surface area contributed by atoms with E-state index in [4.69, 9.17) is 0 Å². The summed E-state index contributed by atoms with van der Waals surface area (Å²) in [5.41, 5.74) is 2.59. The summed E-state index contributed by atoms with van der Waals surface area (Å²) < 4.78 is 0. The van der Waals surface area contributed by atoms with Gasteiger partial charge in [0, 0.05) is 38.5 Å². The number of carbonyl (C=O) groups is 2. The summed E-state index contributed by atoms with van der Waals surface area (Å²) in [5, 5.41) is 10.9. The third kappa shape index (κ3) is 5.77. The number of hydrogen-bond acceptors (Lipinski definition) is 3. The highest BCUT2D eigenvalue weighted by atomic mass is 16.3. The highest BCUT2D eigenvalue weighted by Crippen LogP contribution is 2.40. The van der Waals surface area contributed by atoms with E-state index in [2.05, 4.69) is 53.7 Å². The zero-order valence-electron chi connectivity index (χ0n) is 20.1. The summed E-state index contributed by atoms with van der Waals surface area (Å²) in [6.45, 7) is 18.9. The number of phenolic OH excluding ortho intramolecular Hbond substituents is 1. The monoisotopic (exact) mass is 416 g/mol. The number of carbonyl (C=O) groups excluding carboxylic acids is 2. The van der Waals surface area contributed by atoms with E-state index in [1.54, 1.807) is 0 Å². The average Bonchev–Trinajstić information content (AvgIpc) is 2.64. The molecular weight excluding hydrogens is 376 g/mol. The number of aromatic hydroxyl groups is 1. The van der Waals surface area contributed by atoms with Gasteiger partial charge in [0.1, 0.15) is 5.75 Å². The molecule has 1 aromatic carbocycles. The number of benzene rings is 1. The highest BCUT2D eigenvalue weighted by molar-refractivity contribution is 5.79. The first-order valence-electron chi connectivity index (χ1n) is 11.1. The van der Waals surface area contributed by atoms with Crippen LogP contribution in [-0.4, -0.2) is 52.9 Å². The molecule has 168 valence electrons. The lowest BCUT2D eigenvalue weighted by atomic mass is 9.78. The summed E-state index contributed by atoms with van der Waals surface area (Å²) in [6.07, 6.45) is 1.09. The molecule has 1 fully saturated rings. The van der Waals surface area contributed by atoms with E-state index < -0.39 is 0 Å². The van der Waals surface area contributed by atoms with Crippen molar-refractivity contribution in [1.82, 2.24) is 9.80 Å². The quantitative estimate of drug-likeness (QED) is 0.798. The van der Waals surface area contributed by atoms with Crippen molar-refractivity contribution >= 4 is 11.8 Å². The Bertz CT molecular complexity index is 742. The molecule has 1 aliphatic rings. The second-order valence-electron chi connectivity index (χ2n) is 10.9. The Labute approximate surface area is 182 Å². The predicted octanol–water partition coefficient (Wildman–Crippen LogP) is 4.25. The largest absolute Gasteiger partial charge is 0.507 e. The standard InChI is InChI=1S/C25H40N2O3/c1-17(2)23(30)27-13-11-26(12-14-27)21(28)10-9-18-15-19(24(3,4)5)22(29)20(16-18)25(6,7)8/h15-17,29H,9-14H2,1-8H3. The summed E-state index contributed by atoms with van der Waals surface area (Å²) in [6, 6.07) is 4.11. The Morgan fingerprint density at radius 3 is 1.73 bits per heavy atom. The van der Waals surface area contributed by atoms with Gasteiger partial charge in [0.2, 0.25) is 11.8 Å². The van der Waals surface area contributed by atoms with Crippen LogP contribution in [0.4, 0.5) is 0 Å². The number of piperazine rings is 1. The number of phenols is 1. The van der Waals surface area contributed by atoms with E-state index in [1.165, 1.54) is 0 Å². The molecule has 0 spiro atoms. The van der Waals surface area contributed by atoms with E-state index in [0.29, 0.717) is 44.8 Å². The molecular formula is C25H40N2O3. The fourth-order valence-corrected chi connectivity index (χ4v) is 3.93. The molecule has 1 N–H and O–H groups in total. The maximum absolute atomic E-state index is 12.8. The van der Waals surface area contributed by atoms with Crippen LogP contribution in [0.2, 0.25) is 0 Å². The average molecular weight is 417 g/mol. The first-order valence-corrected chi connectivity index (χ1v) is 11.1. The molecule has 0 bridgehead atoms. The molecule has 0 saturated carbocycles. The third-order valence-corrected chi connectivity index (χ3v) is 5.85. The fraction of sp³-hybridized carbons (Fsp3) is 0.680. The lowest BCUT2D eigenvalue weighted by Crippen LogP contribution is -2.51. The van der Waals surface area contributed by atoms with Gasteiger partial charge in [0.15, 0.2) is 0 Å². The summed E-state index contributed by atoms with van der Waals surface area (Å²) in [5.74, 6) is 0.664. The van der Waals surface area contributed by atoms with Crippen LogP contribution in [0.25, 0.3) is 0 Å². The Morgan fingerprint density at radius 1 is 0.900 bits per heavy atom. The van der Waals surface area contributed by atoms with Crippen molar-refractivity contribution in [3.63, 3.8) is 0 Å². The third-order valence-electron chi connectivity index (χ3n) is 5.85. The summed E-state index contributed by atoms with van der Waals surface area (Å²) >= 11 is 0. The topological polar surface area (TPSA) is 60.9 Å². The fourth-order valence-electron chi connectivity index (χ4n) is 3.93. The SMILES string of the molecule is CC(C)C(=O)N1CCN(C(=O)CCc2cc(C(C)(C)C)c(O)c(C(C)(C)C)c2)CC1. The molecule has 1 saturated heterocycles. The maximum Gasteiger partial charge on any atom is 0.225 e. The summed E-state index contributed by atoms with van der Waals surface area (Å²) in [7, 11) is 0. The lowest BCUT2D eigenvalue weighted by molar-refractivity contribution is -0.141. The van der Waals surface area contributed by atoms with E-state index in [-0.39, 0.29) is 28.6 Å². The van der Waals surface area contributed by atoms with Crippen LogP contribution < -0.4 is 0 Å². The molecule has 5 heteroatoms. The second-order valence-corrected chi connectivity index (χ2v) is 10.9. The van der Waals surface area contributed by atoms with Gasteiger partial charge in [-0.05, 0) is 33.9 Å². The summed E-state index contributed by atoms with van der Waals surface area (Å²) in [4.78, 5) is 28.7. The van der Waals surface area contributed by atoms with Crippen LogP contribution in [0.1, 0.15) is 78.5 Å². The van der Waals surface area contributed by atoms with Crippen molar-refractivity contribution in [2.75, 3.05) is 26.2 Å². The number of amides is 2. The van der Waals surface area contributed by atoms with Crippen LogP contribution in [0.15, 0.2) is 12.1 Å². The highest BCUT2D eigenvalue weighted by Gasteiger charge is 2.28. The van der Waals surface area contributed by atoms with Gasteiger partial charge in [-0.1, -0.05) is 67.5 Å². The Kier molecular flexibility index (Phi) is 7.26. The molecule has 2 amide bonds. The van der Waals surface area contributed by atoms with Gasteiger partial charge < -0.3 is 14.9 Å². The van der Waals surface area contributed by atoms with E-state index in [1.807, 2.05) is 23.6 Å². The van der Waals surface area contributed by atoms with Gasteiger partial charge in [-0.15, -0.1) is 0 Å². The van der Waals surface area contributed by atoms with Crippen LogP contribution >= 0.6 is 0 Å². The first-order chi connectivity index (χ1) is 13.7. The van der Waals surface area contributed by atoms with Crippen molar-refractivity contribution in [3.05, 3.63) is 28.8 Å². The number of rotatable bonds is 4. The van der Waals surface area contributed by atoms with Crippen LogP contribution in [0.3, 0.4) is 0 Å². The first kappa shape index (κ1) is 24.2. The zero-order valence-corrected chi connectivity index (χ0v) is 20.1. The van der Waals surface area contributed by atoms with Gasteiger partial charge in [-0.2, -0.15) is 0 Å². The smallest absolute Gasteiger partial charge is 0.225 e. The van der Waals surface area contributed by atoms with Gasteiger partial charge in [0.25, 0.3) is 0 Å². The normalized spacial score (nSPS) is 15.6. The molecule has 0 aromatic heterocycles. The molecule has 0 atom stereocenters. The molecule has 1 aliphatic heterocycles. The number of nitrogens with zero attached hydrogens (tertiary/aromatic N) is 2. The lowest BCUT2D eigenvalue weighted by Gasteiger charge is -2.35. The molecule has 5 nitrogen and oxygen atoms in total. The molecule has 1 heterocycles. The van der Waals surface area contributed by atoms with Crippen molar-refractivity contribution in [1.29, 1.82) is 0 Å². The number of aryl methyl sites for hydroxylation is 1. The Morgan fingerprint density at radius 2 is 1.33 bits per heavy atom. The minimum Gasteiger partial charge on any atom is -0.507 e. The van der Waals surface area contributed by atoms with Gasteiger partial charge in [0.05, 0.1) is 0 Å². The zero-order chi connectivity index (χ0) is 22.9. The van der Waals surface area contributed by atoms with E-state index in [9.17, 15) is 14.7 Å². The maximum atomic E-state index is 12.8. The van der Waals surface area contributed by atoms with Crippen LogP contribution in [0, 0.1) is 5.92 Å². The molecule has 0 aliphatic carbocycles. The molecule has 2 rings (SSSR count). The minimum absolute atomic E-state index is 0.00391. The minimum atomic E-state index is -0.177. The van der Waals surface area contributed by atoms with Crippen molar-refractivity contribution < 1.29 is 14.7 Å². The molecule has 1 aromatic rings. The second kappa shape index (κ2) is 8.99.